The minimum absolute atomic E-state index is 0.0852. The van der Waals surface area contributed by atoms with Crippen LogP contribution in [0.2, 0.25) is 0 Å². The van der Waals surface area contributed by atoms with Crippen LogP contribution in [0.4, 0.5) is 39.0 Å². The largest absolute Gasteiger partial charge is 0.391 e. The van der Waals surface area contributed by atoms with Crippen LogP contribution in [0.5, 0.6) is 0 Å². The van der Waals surface area contributed by atoms with Gasteiger partial charge in [-0.2, -0.15) is 13.2 Å². The second-order valence-corrected chi connectivity index (χ2v) is 7.56. The maximum Gasteiger partial charge on any atom is 0.391 e. The molecule has 12 heteroatoms. The predicted molar refractivity (Wildman–Crippen MR) is 105 cm³/mol. The van der Waals surface area contributed by atoms with E-state index in [0.29, 0.717) is 12.8 Å². The Kier molecular flexibility index (Phi) is 8.02. The Morgan fingerprint density at radius 2 is 1.87 bits per heavy atom. The summed E-state index contributed by atoms with van der Waals surface area (Å²) in [5.74, 6) is -2.98. The third-order valence-electron chi connectivity index (χ3n) is 5.45. The number of nitro benzene ring substituents is 1. The highest BCUT2D eigenvalue weighted by Crippen LogP contribution is 2.39. The molecule has 0 aromatic heterocycles. The van der Waals surface area contributed by atoms with Crippen LogP contribution in [0.3, 0.4) is 0 Å². The summed E-state index contributed by atoms with van der Waals surface area (Å²) in [6.07, 6.45) is -1.68. The van der Waals surface area contributed by atoms with Crippen molar-refractivity contribution >= 4 is 23.0 Å². The summed E-state index contributed by atoms with van der Waals surface area (Å²) in [6, 6.07) is 0.915. The van der Waals surface area contributed by atoms with Gasteiger partial charge in [-0.1, -0.05) is 19.3 Å². The van der Waals surface area contributed by atoms with Crippen molar-refractivity contribution in [1.82, 2.24) is 0 Å². The molecule has 1 aliphatic heterocycles. The number of benzene rings is 1. The molecular weight excluding hydrogens is 427 g/mol. The quantitative estimate of drug-likeness (QED) is 0.397. The number of nitrogens with two attached hydrogens (primary N) is 1. The molecule has 2 fully saturated rings. The molecule has 1 saturated carbocycles. The Hall–Kier alpha value is -2.66. The van der Waals surface area contributed by atoms with Crippen molar-refractivity contribution in [3.8, 4) is 0 Å². The molecule has 0 spiro atoms. The molecule has 1 aromatic rings. The standard InChI is InChI=1S/C12H14F2N4O3.C7H11F3/c1-16-10-8(18(20)21)4-7(12(15)19)11(9(10)14)17-3-2-6(13)5-17;8-7(9,10)6-4-2-1-3-5-6/h4,6,16H,2-3,5H2,1H3,(H2,15,19);6H,1-5H2. The van der Waals surface area contributed by atoms with Crippen molar-refractivity contribution in [2.45, 2.75) is 50.9 Å². The maximum absolute atomic E-state index is 14.6. The number of nitro groups is 1. The first-order chi connectivity index (χ1) is 14.5. The Morgan fingerprint density at radius 1 is 1.26 bits per heavy atom. The fraction of sp³-hybridized carbons (Fsp3) is 0.632. The Morgan fingerprint density at radius 3 is 2.26 bits per heavy atom. The van der Waals surface area contributed by atoms with E-state index in [1.165, 1.54) is 11.9 Å². The normalized spacial score (nSPS) is 19.5. The van der Waals surface area contributed by atoms with Crippen LogP contribution in [-0.2, 0) is 0 Å². The number of hydrogen-bond acceptors (Lipinski definition) is 5. The maximum atomic E-state index is 14.6. The summed E-state index contributed by atoms with van der Waals surface area (Å²) < 4.78 is 63.7. The Balaban J connectivity index is 0.000000285. The van der Waals surface area contributed by atoms with E-state index in [-0.39, 0.29) is 36.4 Å². The highest BCUT2D eigenvalue weighted by atomic mass is 19.4. The van der Waals surface area contributed by atoms with Crippen molar-refractivity contribution < 1.29 is 31.7 Å². The summed E-state index contributed by atoms with van der Waals surface area (Å²) in [4.78, 5) is 23.0. The van der Waals surface area contributed by atoms with Crippen LogP contribution in [0.15, 0.2) is 6.07 Å². The summed E-state index contributed by atoms with van der Waals surface area (Å²) >= 11 is 0. The van der Waals surface area contributed by atoms with Gasteiger partial charge in [-0.25, -0.2) is 8.78 Å². The number of nitrogens with zero attached hydrogens (tertiary/aromatic N) is 2. The summed E-state index contributed by atoms with van der Waals surface area (Å²) in [5.41, 5.74) is 3.70. The van der Waals surface area contributed by atoms with E-state index in [1.54, 1.807) is 0 Å². The molecule has 3 rings (SSSR count). The highest BCUT2D eigenvalue weighted by molar-refractivity contribution is 6.01. The molecule has 3 N–H and O–H groups in total. The van der Waals surface area contributed by atoms with E-state index in [4.69, 9.17) is 5.73 Å². The molecule has 0 radical (unpaired) electrons. The molecule has 1 heterocycles. The number of rotatable bonds is 4. The Bertz CT molecular complexity index is 813. The zero-order valence-corrected chi connectivity index (χ0v) is 17.0. The van der Waals surface area contributed by atoms with Crippen LogP contribution >= 0.6 is 0 Å². The van der Waals surface area contributed by atoms with Gasteiger partial charge in [-0.3, -0.25) is 14.9 Å². The molecule has 1 amide bonds. The van der Waals surface area contributed by atoms with E-state index >= 15 is 0 Å². The molecule has 7 nitrogen and oxygen atoms in total. The van der Waals surface area contributed by atoms with Gasteiger partial charge < -0.3 is 16.0 Å². The minimum atomic E-state index is -3.93. The second-order valence-electron chi connectivity index (χ2n) is 7.56. The van der Waals surface area contributed by atoms with Gasteiger partial charge in [-0.15, -0.1) is 0 Å². The Labute approximate surface area is 175 Å². The number of nitrogens with one attached hydrogen (secondary N) is 1. The number of halogens is 5. The summed E-state index contributed by atoms with van der Waals surface area (Å²) in [6.45, 7) is 0.123. The molecule has 0 bridgehead atoms. The molecule has 1 aliphatic carbocycles. The van der Waals surface area contributed by atoms with Gasteiger partial charge in [0.1, 0.15) is 6.17 Å². The van der Waals surface area contributed by atoms with E-state index in [1.807, 2.05) is 0 Å². The third-order valence-corrected chi connectivity index (χ3v) is 5.45. The fourth-order valence-corrected chi connectivity index (χ4v) is 3.86. The number of amides is 1. The summed E-state index contributed by atoms with van der Waals surface area (Å²) in [7, 11) is 1.32. The van der Waals surface area contributed by atoms with Crippen molar-refractivity contribution in [3.05, 3.63) is 27.6 Å². The van der Waals surface area contributed by atoms with Crippen LogP contribution < -0.4 is 16.0 Å². The van der Waals surface area contributed by atoms with Gasteiger partial charge in [0.05, 0.1) is 22.1 Å². The molecule has 1 unspecified atom stereocenters. The monoisotopic (exact) mass is 452 g/mol. The molecule has 174 valence electrons. The van der Waals surface area contributed by atoms with Crippen LogP contribution in [0.1, 0.15) is 48.9 Å². The van der Waals surface area contributed by atoms with E-state index in [2.05, 4.69) is 5.32 Å². The predicted octanol–water partition coefficient (Wildman–Crippen LogP) is 4.55. The van der Waals surface area contributed by atoms with Crippen LogP contribution in [0, 0.1) is 21.8 Å². The lowest BCUT2D eigenvalue weighted by Crippen LogP contribution is -2.26. The van der Waals surface area contributed by atoms with Gasteiger partial charge in [0.25, 0.3) is 11.6 Å². The third kappa shape index (κ3) is 5.95. The highest BCUT2D eigenvalue weighted by Gasteiger charge is 2.39. The van der Waals surface area contributed by atoms with Crippen molar-refractivity contribution in [2.24, 2.45) is 11.7 Å². The van der Waals surface area contributed by atoms with Gasteiger partial charge in [0.15, 0.2) is 11.5 Å². The number of primary amides is 1. The average Bonchev–Trinajstić information content (AvgIpc) is 3.13. The number of hydrogen-bond donors (Lipinski definition) is 2. The lowest BCUT2D eigenvalue weighted by Gasteiger charge is -2.23. The molecule has 2 aliphatic rings. The fourth-order valence-electron chi connectivity index (χ4n) is 3.86. The first-order valence-corrected chi connectivity index (χ1v) is 9.91. The van der Waals surface area contributed by atoms with Crippen molar-refractivity contribution in [1.29, 1.82) is 0 Å². The zero-order chi connectivity index (χ0) is 23.3. The molecule has 31 heavy (non-hydrogen) atoms. The van der Waals surface area contributed by atoms with Gasteiger partial charge in [0.2, 0.25) is 0 Å². The van der Waals surface area contributed by atoms with Crippen LogP contribution in [-0.4, -0.2) is 43.3 Å². The number of alkyl halides is 4. The molecule has 1 aromatic carbocycles. The lowest BCUT2D eigenvalue weighted by molar-refractivity contribution is -0.384. The number of carbonyl (C=O) groups is 1. The van der Waals surface area contributed by atoms with Gasteiger partial charge in [0, 0.05) is 26.2 Å². The molecule has 1 saturated heterocycles. The van der Waals surface area contributed by atoms with Crippen molar-refractivity contribution in [2.75, 3.05) is 30.4 Å². The average molecular weight is 452 g/mol. The summed E-state index contributed by atoms with van der Waals surface area (Å²) in [5, 5.41) is 13.4. The molecular formula is C19H25F5N4O3. The van der Waals surface area contributed by atoms with Crippen molar-refractivity contribution in [3.63, 3.8) is 0 Å². The minimum Gasteiger partial charge on any atom is -0.380 e. The smallest absolute Gasteiger partial charge is 0.380 e. The SMILES string of the molecule is CNc1c([N+](=O)[O-])cc(C(N)=O)c(N2CCC(F)C2)c1F.FC(F)(F)C1CCCCC1. The first kappa shape index (κ1) is 24.6. The second kappa shape index (κ2) is 10.1. The lowest BCUT2D eigenvalue weighted by atomic mass is 9.89. The van der Waals surface area contributed by atoms with E-state index in [9.17, 15) is 36.9 Å². The first-order valence-electron chi connectivity index (χ1n) is 9.91. The molecule has 1 atom stereocenters. The number of anilines is 2. The zero-order valence-electron chi connectivity index (χ0n) is 17.0. The van der Waals surface area contributed by atoms with Gasteiger partial charge >= 0.3 is 6.18 Å². The van der Waals surface area contributed by atoms with Gasteiger partial charge in [-0.05, 0) is 19.3 Å². The van der Waals surface area contributed by atoms with E-state index < -0.39 is 40.6 Å². The van der Waals surface area contributed by atoms with Crippen LogP contribution in [0.25, 0.3) is 0 Å². The topological polar surface area (TPSA) is 101 Å². The van der Waals surface area contributed by atoms with E-state index in [0.717, 1.165) is 25.3 Å². The number of carbonyl (C=O) groups excluding carboxylic acids is 1.